The van der Waals surface area contributed by atoms with E-state index in [9.17, 15) is 19.7 Å². The number of carbonyl (C=O) groups is 1. The Morgan fingerprint density at radius 2 is 2.15 bits per heavy atom. The molecular formula is C17H17N3O5S2. The van der Waals surface area contributed by atoms with Gasteiger partial charge in [-0.15, -0.1) is 11.8 Å². The average Bonchev–Trinajstić information content (AvgIpc) is 3.14. The third kappa shape index (κ3) is 3.86. The highest BCUT2D eigenvalue weighted by molar-refractivity contribution is 8.00. The number of fused-ring (bicyclic) bond motifs is 1. The number of hydrogen-bond acceptors (Lipinski definition) is 8. The molecule has 0 amide bonds. The molecule has 10 heteroatoms. The number of nitro groups is 1. The highest BCUT2D eigenvalue weighted by atomic mass is 32.2. The number of methoxy groups -OCH3 is 1. The summed E-state index contributed by atoms with van der Waals surface area (Å²) in [6.45, 7) is 1.85. The molecule has 1 aromatic heterocycles. The lowest BCUT2D eigenvalue weighted by atomic mass is 10.2. The number of nitro benzene ring substituents is 1. The van der Waals surface area contributed by atoms with Crippen molar-refractivity contribution in [3.05, 3.63) is 50.4 Å². The van der Waals surface area contributed by atoms with Gasteiger partial charge in [0.05, 0.1) is 28.3 Å². The Balaban J connectivity index is 2.12. The standard InChI is InChI=1S/C17H17N3O5S2/c1-3-13(16(22)25-2)27-17-18-12-8-9-26-14(12)15(21)19(17)10-4-6-11(7-5-10)20(23)24/h4-7,13H,3,8-9H2,1-2H3. The summed E-state index contributed by atoms with van der Waals surface area (Å²) in [5.41, 5.74) is 0.907. The van der Waals surface area contributed by atoms with Gasteiger partial charge in [0.2, 0.25) is 0 Å². The molecule has 0 fully saturated rings. The molecule has 0 spiro atoms. The number of benzene rings is 1. The maximum absolute atomic E-state index is 13.0. The van der Waals surface area contributed by atoms with Crippen molar-refractivity contribution in [3.63, 3.8) is 0 Å². The molecule has 1 aliphatic rings. The van der Waals surface area contributed by atoms with Crippen LogP contribution < -0.4 is 5.56 Å². The minimum atomic E-state index is -0.502. The smallest absolute Gasteiger partial charge is 0.319 e. The number of non-ortho nitro benzene ring substituents is 1. The minimum Gasteiger partial charge on any atom is -0.468 e. The fraction of sp³-hybridized carbons (Fsp3) is 0.353. The molecule has 1 unspecified atom stereocenters. The van der Waals surface area contributed by atoms with Crippen molar-refractivity contribution >= 4 is 35.2 Å². The lowest BCUT2D eigenvalue weighted by Crippen LogP contribution is -2.26. The third-order valence-corrected chi connectivity index (χ3v) is 6.47. The summed E-state index contributed by atoms with van der Waals surface area (Å²) in [6.07, 6.45) is 1.21. The van der Waals surface area contributed by atoms with Crippen LogP contribution in [0.15, 0.2) is 39.1 Å². The van der Waals surface area contributed by atoms with E-state index >= 15 is 0 Å². The summed E-state index contributed by atoms with van der Waals surface area (Å²) in [4.78, 5) is 40.6. The highest BCUT2D eigenvalue weighted by Crippen LogP contribution is 2.32. The molecule has 27 heavy (non-hydrogen) atoms. The van der Waals surface area contributed by atoms with E-state index in [0.717, 1.165) is 11.4 Å². The predicted molar refractivity (Wildman–Crippen MR) is 103 cm³/mol. The van der Waals surface area contributed by atoms with E-state index in [2.05, 4.69) is 4.98 Å². The first-order valence-electron chi connectivity index (χ1n) is 8.24. The zero-order chi connectivity index (χ0) is 19.6. The number of nitrogens with zero attached hydrogens (tertiary/aromatic N) is 3. The molecule has 0 aliphatic carbocycles. The quantitative estimate of drug-likeness (QED) is 0.237. The van der Waals surface area contributed by atoms with E-state index in [4.69, 9.17) is 4.74 Å². The molecule has 8 nitrogen and oxygen atoms in total. The first kappa shape index (κ1) is 19.4. The molecule has 1 atom stereocenters. The van der Waals surface area contributed by atoms with Crippen LogP contribution in [0.5, 0.6) is 0 Å². The van der Waals surface area contributed by atoms with Gasteiger partial charge in [0.1, 0.15) is 5.25 Å². The molecule has 1 aliphatic heterocycles. The number of ether oxygens (including phenoxy) is 1. The second-order valence-corrected chi connectivity index (χ2v) is 8.00. The first-order chi connectivity index (χ1) is 13.0. The Labute approximate surface area is 163 Å². The molecule has 2 heterocycles. The summed E-state index contributed by atoms with van der Waals surface area (Å²) in [5, 5.41) is 10.8. The molecular weight excluding hydrogens is 390 g/mol. The molecule has 3 rings (SSSR count). The normalized spacial score (nSPS) is 13.9. The van der Waals surface area contributed by atoms with Crippen LogP contribution in [0.2, 0.25) is 0 Å². The number of hydrogen-bond donors (Lipinski definition) is 0. The van der Waals surface area contributed by atoms with E-state index in [1.54, 1.807) is 0 Å². The van der Waals surface area contributed by atoms with Crippen LogP contribution in [0.3, 0.4) is 0 Å². The summed E-state index contributed by atoms with van der Waals surface area (Å²) >= 11 is 2.62. The van der Waals surface area contributed by atoms with Gasteiger partial charge in [0.25, 0.3) is 11.2 Å². The molecule has 0 N–H and O–H groups in total. The van der Waals surface area contributed by atoms with E-state index < -0.39 is 10.2 Å². The molecule has 2 aromatic rings. The topological polar surface area (TPSA) is 104 Å². The van der Waals surface area contributed by atoms with Crippen LogP contribution in [0.1, 0.15) is 19.0 Å². The van der Waals surface area contributed by atoms with E-state index in [1.807, 2.05) is 6.92 Å². The van der Waals surface area contributed by atoms with Crippen LogP contribution >= 0.6 is 23.5 Å². The van der Waals surface area contributed by atoms with Gasteiger partial charge in [-0.25, -0.2) is 4.98 Å². The summed E-state index contributed by atoms with van der Waals surface area (Å²) in [7, 11) is 1.32. The van der Waals surface area contributed by atoms with Gasteiger partial charge in [0.15, 0.2) is 5.16 Å². The van der Waals surface area contributed by atoms with Crippen LogP contribution in [-0.4, -0.2) is 38.6 Å². The van der Waals surface area contributed by atoms with Gasteiger partial charge in [-0.1, -0.05) is 18.7 Å². The second kappa shape index (κ2) is 8.13. The molecule has 0 saturated heterocycles. The monoisotopic (exact) mass is 407 g/mol. The third-order valence-electron chi connectivity index (χ3n) is 4.07. The van der Waals surface area contributed by atoms with Crippen molar-refractivity contribution in [3.8, 4) is 5.69 Å². The number of aromatic nitrogens is 2. The van der Waals surface area contributed by atoms with E-state index in [-0.39, 0.29) is 17.2 Å². The minimum absolute atomic E-state index is 0.0644. The van der Waals surface area contributed by atoms with Crippen LogP contribution in [0.4, 0.5) is 5.69 Å². The molecule has 142 valence electrons. The predicted octanol–water partition coefficient (Wildman–Crippen LogP) is 2.83. The van der Waals surface area contributed by atoms with E-state index in [0.29, 0.717) is 28.6 Å². The lowest BCUT2D eigenvalue weighted by Gasteiger charge is -2.17. The van der Waals surface area contributed by atoms with Crippen molar-refractivity contribution in [1.82, 2.24) is 9.55 Å². The molecule has 1 aromatic carbocycles. The fourth-order valence-corrected chi connectivity index (χ4v) is 4.78. The summed E-state index contributed by atoms with van der Waals surface area (Å²) in [6, 6.07) is 5.70. The SMILES string of the molecule is CCC(Sc1nc2c(c(=O)n1-c1ccc([N+](=O)[O-])cc1)SCC2)C(=O)OC. The van der Waals surface area contributed by atoms with Crippen molar-refractivity contribution in [2.24, 2.45) is 0 Å². The number of aryl methyl sites for hydroxylation is 1. The van der Waals surface area contributed by atoms with Gasteiger partial charge in [0, 0.05) is 24.3 Å². The van der Waals surface area contributed by atoms with Crippen molar-refractivity contribution in [2.45, 2.75) is 35.1 Å². The van der Waals surface area contributed by atoms with Gasteiger partial charge in [-0.2, -0.15) is 0 Å². The van der Waals surface area contributed by atoms with Crippen LogP contribution in [0.25, 0.3) is 5.69 Å². The van der Waals surface area contributed by atoms with Gasteiger partial charge < -0.3 is 4.74 Å². The summed E-state index contributed by atoms with van der Waals surface area (Å²) in [5.74, 6) is 0.391. The Morgan fingerprint density at radius 3 is 2.74 bits per heavy atom. The Hall–Kier alpha value is -2.33. The van der Waals surface area contributed by atoms with Crippen molar-refractivity contribution < 1.29 is 14.5 Å². The molecule has 0 bridgehead atoms. The van der Waals surface area contributed by atoms with Crippen molar-refractivity contribution in [2.75, 3.05) is 12.9 Å². The number of rotatable bonds is 6. The first-order valence-corrected chi connectivity index (χ1v) is 10.1. The second-order valence-electron chi connectivity index (χ2n) is 5.72. The number of thioether (sulfide) groups is 2. The van der Waals surface area contributed by atoms with Crippen LogP contribution in [-0.2, 0) is 16.0 Å². The Bertz CT molecular complexity index is 943. The van der Waals surface area contributed by atoms with Crippen molar-refractivity contribution in [1.29, 1.82) is 0 Å². The molecule has 0 saturated carbocycles. The Morgan fingerprint density at radius 1 is 1.44 bits per heavy atom. The number of carbonyl (C=O) groups excluding carboxylic acids is 1. The average molecular weight is 407 g/mol. The van der Waals surface area contributed by atoms with E-state index in [1.165, 1.54) is 59.5 Å². The maximum atomic E-state index is 13.0. The molecule has 0 radical (unpaired) electrons. The zero-order valence-electron chi connectivity index (χ0n) is 14.7. The van der Waals surface area contributed by atoms with Gasteiger partial charge in [-0.3, -0.25) is 24.3 Å². The van der Waals surface area contributed by atoms with Gasteiger partial charge in [-0.05, 0) is 18.6 Å². The fourth-order valence-electron chi connectivity index (χ4n) is 2.68. The van der Waals surface area contributed by atoms with Crippen LogP contribution in [0, 0.1) is 10.1 Å². The largest absolute Gasteiger partial charge is 0.468 e. The highest BCUT2D eigenvalue weighted by Gasteiger charge is 2.26. The lowest BCUT2D eigenvalue weighted by molar-refractivity contribution is -0.384. The zero-order valence-corrected chi connectivity index (χ0v) is 16.3. The summed E-state index contributed by atoms with van der Waals surface area (Å²) < 4.78 is 6.25. The Kier molecular flexibility index (Phi) is 5.85. The number of esters is 1. The van der Waals surface area contributed by atoms with Gasteiger partial charge >= 0.3 is 5.97 Å². The maximum Gasteiger partial charge on any atom is 0.319 e.